The highest BCUT2D eigenvalue weighted by Gasteiger charge is 2.20. The van der Waals surface area contributed by atoms with Crippen molar-refractivity contribution in [3.05, 3.63) is 35.1 Å². The van der Waals surface area contributed by atoms with Gasteiger partial charge in [-0.3, -0.25) is 10.3 Å². The van der Waals surface area contributed by atoms with E-state index in [1.165, 1.54) is 18.2 Å². The summed E-state index contributed by atoms with van der Waals surface area (Å²) in [4.78, 5) is 2.20. The number of halogens is 1. The number of nitrogens with one attached hydrogen (secondary N) is 1. The number of amidine groups is 1. The summed E-state index contributed by atoms with van der Waals surface area (Å²) in [7, 11) is 2.04. The first-order valence-corrected chi connectivity index (χ1v) is 7.14. The molecule has 5 heteroatoms. The number of nitrogens with zero attached hydrogens (tertiary/aromatic N) is 1. The number of benzene rings is 1. The first kappa shape index (κ1) is 13.4. The van der Waals surface area contributed by atoms with Crippen LogP contribution < -0.4 is 5.73 Å². The van der Waals surface area contributed by atoms with E-state index in [2.05, 4.69) is 4.90 Å². The fourth-order valence-electron chi connectivity index (χ4n) is 2.11. The van der Waals surface area contributed by atoms with Gasteiger partial charge in [0.2, 0.25) is 0 Å². The number of nitrogens with two attached hydrogens (primary N) is 1. The van der Waals surface area contributed by atoms with Crippen LogP contribution >= 0.6 is 11.8 Å². The molecule has 0 aromatic heterocycles. The van der Waals surface area contributed by atoms with Crippen LogP contribution in [0.3, 0.4) is 0 Å². The molecule has 0 radical (unpaired) electrons. The lowest BCUT2D eigenvalue weighted by atomic mass is 10.1. The lowest BCUT2D eigenvalue weighted by molar-refractivity contribution is 0.251. The normalized spacial score (nSPS) is 19.4. The lowest BCUT2D eigenvalue weighted by Crippen LogP contribution is -2.31. The third-order valence-corrected chi connectivity index (χ3v) is 4.46. The van der Waals surface area contributed by atoms with E-state index >= 15 is 0 Å². The maximum Gasteiger partial charge on any atom is 0.128 e. The summed E-state index contributed by atoms with van der Waals surface area (Å²) in [5.74, 6) is 1.95. The van der Waals surface area contributed by atoms with Gasteiger partial charge in [0, 0.05) is 29.5 Å². The summed E-state index contributed by atoms with van der Waals surface area (Å²) in [5, 5.41) is 7.28. The van der Waals surface area contributed by atoms with Crippen LogP contribution in [0.1, 0.15) is 17.5 Å². The van der Waals surface area contributed by atoms with Crippen molar-refractivity contribution in [1.29, 1.82) is 5.41 Å². The largest absolute Gasteiger partial charge is 0.384 e. The number of hydrogen-bond acceptors (Lipinski definition) is 3. The molecule has 18 heavy (non-hydrogen) atoms. The van der Waals surface area contributed by atoms with Gasteiger partial charge in [0.1, 0.15) is 11.7 Å². The van der Waals surface area contributed by atoms with Gasteiger partial charge in [-0.15, -0.1) is 0 Å². The summed E-state index contributed by atoms with van der Waals surface area (Å²) < 4.78 is 13.9. The molecule has 0 amide bonds. The van der Waals surface area contributed by atoms with Crippen LogP contribution in [-0.4, -0.2) is 35.3 Å². The fourth-order valence-corrected chi connectivity index (χ4v) is 3.41. The number of hydrogen-bond donors (Lipinski definition) is 2. The minimum atomic E-state index is -0.278. The molecule has 3 nitrogen and oxygen atoms in total. The van der Waals surface area contributed by atoms with Gasteiger partial charge in [0.25, 0.3) is 0 Å². The van der Waals surface area contributed by atoms with E-state index in [9.17, 15) is 4.39 Å². The average molecular weight is 267 g/mol. The van der Waals surface area contributed by atoms with Gasteiger partial charge in [-0.1, -0.05) is 12.1 Å². The van der Waals surface area contributed by atoms with E-state index < -0.39 is 0 Å². The quantitative estimate of drug-likeness (QED) is 0.648. The van der Waals surface area contributed by atoms with Crippen molar-refractivity contribution in [1.82, 2.24) is 4.90 Å². The van der Waals surface area contributed by atoms with Gasteiger partial charge in [0.15, 0.2) is 0 Å². The van der Waals surface area contributed by atoms with E-state index in [1.54, 1.807) is 12.1 Å². The Bertz CT molecular complexity index is 444. The molecule has 0 aliphatic carbocycles. The monoisotopic (exact) mass is 267 g/mol. The highest BCUT2D eigenvalue weighted by molar-refractivity contribution is 7.99. The Morgan fingerprint density at radius 2 is 2.39 bits per heavy atom. The number of rotatable bonds is 4. The minimum Gasteiger partial charge on any atom is -0.384 e. The van der Waals surface area contributed by atoms with E-state index in [0.717, 1.165) is 5.75 Å². The molecule has 1 atom stereocenters. The zero-order chi connectivity index (χ0) is 13.1. The van der Waals surface area contributed by atoms with E-state index in [-0.39, 0.29) is 11.7 Å². The Hall–Kier alpha value is -1.07. The van der Waals surface area contributed by atoms with Gasteiger partial charge < -0.3 is 5.73 Å². The molecular weight excluding hydrogens is 249 g/mol. The van der Waals surface area contributed by atoms with E-state index in [0.29, 0.717) is 23.7 Å². The molecular formula is C13H18FN3S. The van der Waals surface area contributed by atoms with Crippen LogP contribution in [0.4, 0.5) is 4.39 Å². The van der Waals surface area contributed by atoms with Crippen molar-refractivity contribution in [3.8, 4) is 0 Å². The van der Waals surface area contributed by atoms with Crippen LogP contribution in [0.15, 0.2) is 18.2 Å². The van der Waals surface area contributed by atoms with Crippen LogP contribution in [0.2, 0.25) is 0 Å². The Morgan fingerprint density at radius 1 is 1.61 bits per heavy atom. The van der Waals surface area contributed by atoms with Crippen molar-refractivity contribution in [3.63, 3.8) is 0 Å². The van der Waals surface area contributed by atoms with Crippen molar-refractivity contribution in [2.45, 2.75) is 19.0 Å². The molecule has 0 saturated carbocycles. The Morgan fingerprint density at radius 3 is 2.94 bits per heavy atom. The molecule has 98 valence electrons. The smallest absolute Gasteiger partial charge is 0.128 e. The first-order valence-electron chi connectivity index (χ1n) is 5.98. The zero-order valence-electron chi connectivity index (χ0n) is 10.4. The SMILES string of the molecule is CN(Cc1ccc(C(=N)N)cc1F)C1CCSC1. The topological polar surface area (TPSA) is 53.1 Å². The van der Waals surface area contributed by atoms with Crippen LogP contribution in [-0.2, 0) is 6.54 Å². The van der Waals surface area contributed by atoms with Gasteiger partial charge in [-0.05, 0) is 25.3 Å². The fraction of sp³-hybridized carbons (Fsp3) is 0.462. The maximum absolute atomic E-state index is 13.9. The van der Waals surface area contributed by atoms with E-state index in [1.807, 2.05) is 18.8 Å². The van der Waals surface area contributed by atoms with Gasteiger partial charge >= 0.3 is 0 Å². The van der Waals surface area contributed by atoms with Crippen LogP contribution in [0.25, 0.3) is 0 Å². The highest BCUT2D eigenvalue weighted by atomic mass is 32.2. The molecule has 1 aromatic carbocycles. The summed E-state index contributed by atoms with van der Waals surface area (Å²) in [6.07, 6.45) is 1.17. The van der Waals surface area contributed by atoms with Gasteiger partial charge in [0.05, 0.1) is 0 Å². The zero-order valence-corrected chi connectivity index (χ0v) is 11.3. The predicted octanol–water partition coefficient (Wildman–Crippen LogP) is 2.05. The number of nitrogen functional groups attached to an aromatic ring is 1. The molecule has 1 unspecified atom stereocenters. The third-order valence-electron chi connectivity index (χ3n) is 3.31. The molecule has 1 saturated heterocycles. The molecule has 1 aliphatic heterocycles. The van der Waals surface area contributed by atoms with Crippen LogP contribution in [0.5, 0.6) is 0 Å². The molecule has 1 fully saturated rings. The maximum atomic E-state index is 13.9. The Kier molecular flexibility index (Phi) is 4.24. The standard InChI is InChI=1S/C13H18FN3S/c1-17(11-4-5-18-8-11)7-10-3-2-9(13(15)16)6-12(10)14/h2-3,6,11H,4-5,7-8H2,1H3,(H3,15,16). The summed E-state index contributed by atoms with van der Waals surface area (Å²) in [6, 6.07) is 5.32. The van der Waals surface area contributed by atoms with Gasteiger partial charge in [-0.2, -0.15) is 11.8 Å². The van der Waals surface area contributed by atoms with Gasteiger partial charge in [-0.25, -0.2) is 4.39 Å². The second-order valence-electron chi connectivity index (χ2n) is 4.65. The molecule has 0 spiro atoms. The average Bonchev–Trinajstić information content (AvgIpc) is 2.85. The van der Waals surface area contributed by atoms with E-state index in [4.69, 9.17) is 11.1 Å². The molecule has 1 heterocycles. The van der Waals surface area contributed by atoms with Crippen molar-refractivity contribution in [2.24, 2.45) is 5.73 Å². The molecule has 2 rings (SSSR count). The molecule has 1 aromatic rings. The van der Waals surface area contributed by atoms with Crippen LogP contribution in [0, 0.1) is 11.2 Å². The summed E-state index contributed by atoms with van der Waals surface area (Å²) in [6.45, 7) is 0.606. The second kappa shape index (κ2) is 5.71. The molecule has 0 bridgehead atoms. The van der Waals surface area contributed by atoms with Crippen molar-refractivity contribution in [2.75, 3.05) is 18.6 Å². The Labute approximate surface area is 111 Å². The second-order valence-corrected chi connectivity index (χ2v) is 5.80. The number of thioether (sulfide) groups is 1. The first-order chi connectivity index (χ1) is 8.58. The highest BCUT2D eigenvalue weighted by Crippen LogP contribution is 2.23. The summed E-state index contributed by atoms with van der Waals surface area (Å²) in [5.41, 5.74) is 6.44. The molecule has 1 aliphatic rings. The molecule has 3 N–H and O–H groups in total. The van der Waals surface area contributed by atoms with Crippen molar-refractivity contribution >= 4 is 17.6 Å². The van der Waals surface area contributed by atoms with Crippen molar-refractivity contribution < 1.29 is 4.39 Å². The lowest BCUT2D eigenvalue weighted by Gasteiger charge is -2.23. The third kappa shape index (κ3) is 3.03. The Balaban J connectivity index is 2.06. The summed E-state index contributed by atoms with van der Waals surface area (Å²) >= 11 is 1.95. The predicted molar refractivity (Wildman–Crippen MR) is 74.6 cm³/mol. The minimum absolute atomic E-state index is 0.0963.